The Kier molecular flexibility index (Phi) is 7.01. The lowest BCUT2D eigenvalue weighted by Gasteiger charge is -2.18. The molecule has 27 heavy (non-hydrogen) atoms. The predicted molar refractivity (Wildman–Crippen MR) is 99.0 cm³/mol. The zero-order valence-corrected chi connectivity index (χ0v) is 15.6. The second-order valence-electron chi connectivity index (χ2n) is 6.57. The van der Waals surface area contributed by atoms with Crippen LogP contribution in [0, 0.1) is 18.6 Å². The number of aryl methyl sites for hydroxylation is 1. The summed E-state index contributed by atoms with van der Waals surface area (Å²) < 4.78 is 26.3. The summed E-state index contributed by atoms with van der Waals surface area (Å²) in [6.45, 7) is 3.77. The largest absolute Gasteiger partial charge is 0.333 e. The summed E-state index contributed by atoms with van der Waals surface area (Å²) in [4.78, 5) is 25.6. The minimum atomic E-state index is -0.913. The number of carbonyl (C=O) groups is 2. The number of nitrogens with two attached hydrogens (primary N) is 1. The number of anilines is 1. The molecule has 2 aromatic carbocycles. The van der Waals surface area contributed by atoms with Gasteiger partial charge in [0.05, 0.1) is 6.54 Å². The summed E-state index contributed by atoms with van der Waals surface area (Å²) in [6.07, 6.45) is 0. The maximum Gasteiger partial charge on any atom is 0.277 e. The van der Waals surface area contributed by atoms with Crippen molar-refractivity contribution in [3.8, 4) is 0 Å². The molecule has 0 fully saturated rings. The van der Waals surface area contributed by atoms with Crippen molar-refractivity contribution < 1.29 is 23.7 Å². The number of rotatable bonds is 7. The molecule has 0 unspecified atom stereocenters. The highest BCUT2D eigenvalue weighted by molar-refractivity contribution is 5.94. The molecule has 2 aromatic rings. The molecule has 5 nitrogen and oxygen atoms in total. The summed E-state index contributed by atoms with van der Waals surface area (Å²) in [6, 6.07) is 10.8. The van der Waals surface area contributed by atoms with Crippen molar-refractivity contribution in [3.05, 3.63) is 65.2 Å². The lowest BCUT2D eigenvalue weighted by Crippen LogP contribution is -2.87. The van der Waals surface area contributed by atoms with Crippen LogP contribution in [0.5, 0.6) is 0 Å². The Bertz CT molecular complexity index is 809. The Balaban J connectivity index is 1.81. The first-order valence-corrected chi connectivity index (χ1v) is 8.65. The molecule has 0 radical (unpaired) electrons. The van der Waals surface area contributed by atoms with Crippen LogP contribution < -0.4 is 10.6 Å². The van der Waals surface area contributed by atoms with Gasteiger partial charge in [-0.2, -0.15) is 0 Å². The van der Waals surface area contributed by atoms with E-state index in [1.165, 1.54) is 11.0 Å². The zero-order chi connectivity index (χ0) is 20.0. The summed E-state index contributed by atoms with van der Waals surface area (Å²) >= 11 is 0. The third-order valence-corrected chi connectivity index (χ3v) is 4.26. The molecule has 0 saturated carbocycles. The van der Waals surface area contributed by atoms with E-state index in [1.54, 1.807) is 31.4 Å². The minimum absolute atomic E-state index is 0.0693. The van der Waals surface area contributed by atoms with Crippen LogP contribution in [0.25, 0.3) is 0 Å². The van der Waals surface area contributed by atoms with Gasteiger partial charge in [-0.25, -0.2) is 8.78 Å². The number of likely N-dealkylation sites (N-methyl/N-ethyl adjacent to an activating group) is 1. The molecule has 0 saturated heterocycles. The first-order valence-electron chi connectivity index (χ1n) is 8.65. The van der Waals surface area contributed by atoms with Gasteiger partial charge in [-0.1, -0.05) is 17.7 Å². The Labute approximate surface area is 157 Å². The van der Waals surface area contributed by atoms with Crippen LogP contribution >= 0.6 is 0 Å². The van der Waals surface area contributed by atoms with Gasteiger partial charge in [-0.3, -0.25) is 9.59 Å². The molecule has 1 atom stereocenters. The standard InChI is InChI=1S/C20H23F2N3O2/c1-13-4-7-16(8-5-13)24-19(26)12-25(3)20(27)11-23-14(2)15-6-9-17(21)18(22)10-15/h4-10,14,23H,11-12H2,1-3H3,(H,24,26)/p+1/t14-/m1/s1. The van der Waals surface area contributed by atoms with Crippen molar-refractivity contribution >= 4 is 17.5 Å². The molecule has 0 aromatic heterocycles. The second kappa shape index (κ2) is 9.23. The number of benzene rings is 2. The predicted octanol–water partition coefficient (Wildman–Crippen LogP) is 1.99. The molecule has 2 rings (SSSR count). The molecule has 2 amide bonds. The summed E-state index contributed by atoms with van der Waals surface area (Å²) in [5.41, 5.74) is 2.34. The third-order valence-electron chi connectivity index (χ3n) is 4.26. The Morgan fingerprint density at radius 3 is 2.41 bits per heavy atom. The van der Waals surface area contributed by atoms with Gasteiger partial charge in [-0.05, 0) is 44.2 Å². The SMILES string of the molecule is Cc1ccc(NC(=O)CN(C)C(=O)C[NH2+][C@H](C)c2ccc(F)c(F)c2)cc1. The van der Waals surface area contributed by atoms with Crippen LogP contribution in [0.3, 0.4) is 0 Å². The van der Waals surface area contributed by atoms with Crippen LogP contribution in [0.4, 0.5) is 14.5 Å². The first-order chi connectivity index (χ1) is 12.8. The summed E-state index contributed by atoms with van der Waals surface area (Å²) in [7, 11) is 1.55. The van der Waals surface area contributed by atoms with E-state index in [-0.39, 0.29) is 30.9 Å². The summed E-state index contributed by atoms with van der Waals surface area (Å²) in [5, 5.41) is 4.45. The normalized spacial score (nSPS) is 11.7. The first kappa shape index (κ1) is 20.5. The second-order valence-corrected chi connectivity index (χ2v) is 6.57. The summed E-state index contributed by atoms with van der Waals surface area (Å²) in [5.74, 6) is -2.34. The van der Waals surface area contributed by atoms with Crippen molar-refractivity contribution in [3.63, 3.8) is 0 Å². The van der Waals surface area contributed by atoms with Crippen LogP contribution in [0.2, 0.25) is 0 Å². The average Bonchev–Trinajstić information content (AvgIpc) is 2.63. The Hall–Kier alpha value is -2.80. The number of carbonyl (C=O) groups excluding carboxylic acids is 2. The number of hydrogen-bond acceptors (Lipinski definition) is 2. The van der Waals surface area contributed by atoms with Crippen LogP contribution in [-0.2, 0) is 9.59 Å². The van der Waals surface area contributed by atoms with Crippen LogP contribution in [0.15, 0.2) is 42.5 Å². The van der Waals surface area contributed by atoms with E-state index in [4.69, 9.17) is 0 Å². The molecule has 0 aliphatic carbocycles. The van der Waals surface area contributed by atoms with E-state index >= 15 is 0 Å². The van der Waals surface area contributed by atoms with Gasteiger partial charge in [0, 0.05) is 18.3 Å². The lowest BCUT2D eigenvalue weighted by molar-refractivity contribution is -0.683. The number of quaternary nitrogens is 1. The number of nitrogens with zero attached hydrogens (tertiary/aromatic N) is 1. The van der Waals surface area contributed by atoms with Crippen molar-refractivity contribution in [2.75, 3.05) is 25.5 Å². The highest BCUT2D eigenvalue weighted by Crippen LogP contribution is 2.13. The van der Waals surface area contributed by atoms with Crippen molar-refractivity contribution in [2.24, 2.45) is 0 Å². The van der Waals surface area contributed by atoms with Gasteiger partial charge in [0.25, 0.3) is 5.91 Å². The molecule has 7 heteroatoms. The van der Waals surface area contributed by atoms with Crippen molar-refractivity contribution in [1.29, 1.82) is 0 Å². The molecule has 0 spiro atoms. The highest BCUT2D eigenvalue weighted by Gasteiger charge is 2.18. The molecule has 0 aliphatic heterocycles. The molecule has 0 bridgehead atoms. The van der Waals surface area contributed by atoms with Gasteiger partial charge in [-0.15, -0.1) is 0 Å². The molecule has 0 heterocycles. The van der Waals surface area contributed by atoms with Crippen molar-refractivity contribution in [1.82, 2.24) is 4.90 Å². The smallest absolute Gasteiger partial charge is 0.277 e. The Morgan fingerprint density at radius 2 is 1.78 bits per heavy atom. The average molecular weight is 376 g/mol. The van der Waals surface area contributed by atoms with E-state index in [0.29, 0.717) is 11.3 Å². The van der Waals surface area contributed by atoms with E-state index in [2.05, 4.69) is 5.32 Å². The quantitative estimate of drug-likeness (QED) is 0.776. The monoisotopic (exact) mass is 376 g/mol. The molecule has 0 aliphatic rings. The van der Waals surface area contributed by atoms with Gasteiger partial charge in [0.1, 0.15) is 6.04 Å². The lowest BCUT2D eigenvalue weighted by atomic mass is 10.1. The van der Waals surface area contributed by atoms with E-state index in [1.807, 2.05) is 19.1 Å². The molecule has 144 valence electrons. The van der Waals surface area contributed by atoms with Gasteiger partial charge < -0.3 is 15.5 Å². The zero-order valence-electron chi connectivity index (χ0n) is 15.6. The highest BCUT2D eigenvalue weighted by atomic mass is 19.2. The van der Waals surface area contributed by atoms with E-state index in [9.17, 15) is 18.4 Å². The van der Waals surface area contributed by atoms with Gasteiger partial charge in [0.15, 0.2) is 18.2 Å². The van der Waals surface area contributed by atoms with Gasteiger partial charge in [0.2, 0.25) is 5.91 Å². The maximum atomic E-state index is 13.3. The third kappa shape index (κ3) is 6.14. The number of hydrogen-bond donors (Lipinski definition) is 2. The Morgan fingerprint density at radius 1 is 1.11 bits per heavy atom. The van der Waals surface area contributed by atoms with Crippen LogP contribution in [0.1, 0.15) is 24.1 Å². The fourth-order valence-corrected chi connectivity index (χ4v) is 2.51. The fourth-order valence-electron chi connectivity index (χ4n) is 2.51. The van der Waals surface area contributed by atoms with E-state index < -0.39 is 11.6 Å². The number of nitrogens with one attached hydrogen (secondary N) is 1. The molecule has 3 N–H and O–H groups in total. The molecular formula is C20H24F2N3O2+. The minimum Gasteiger partial charge on any atom is -0.333 e. The van der Waals surface area contributed by atoms with Crippen LogP contribution in [-0.4, -0.2) is 36.9 Å². The van der Waals surface area contributed by atoms with E-state index in [0.717, 1.165) is 17.7 Å². The van der Waals surface area contributed by atoms with Gasteiger partial charge >= 0.3 is 0 Å². The number of amides is 2. The fraction of sp³-hybridized carbons (Fsp3) is 0.300. The topological polar surface area (TPSA) is 66.0 Å². The van der Waals surface area contributed by atoms with Crippen molar-refractivity contribution in [2.45, 2.75) is 19.9 Å². The maximum absolute atomic E-state index is 13.3. The number of halogens is 2. The molecular weight excluding hydrogens is 352 g/mol.